The molecule has 0 bridgehead atoms. The van der Waals surface area contributed by atoms with Crippen LogP contribution in [0.4, 0.5) is 5.69 Å². The Hall–Kier alpha value is -1.88. The number of nitrogens with zero attached hydrogens (tertiary/aromatic N) is 3. The van der Waals surface area contributed by atoms with Gasteiger partial charge in [-0.2, -0.15) is 0 Å². The first-order chi connectivity index (χ1) is 9.85. The molecule has 112 valence electrons. The van der Waals surface area contributed by atoms with Crippen LogP contribution in [0.2, 0.25) is 19.6 Å². The molecule has 4 nitrogen and oxygen atoms in total. The summed E-state index contributed by atoms with van der Waals surface area (Å²) in [6.07, 6.45) is 6.42. The van der Waals surface area contributed by atoms with Gasteiger partial charge in [0.25, 0.3) is 0 Å². The zero-order valence-corrected chi connectivity index (χ0v) is 14.4. The van der Waals surface area contributed by atoms with E-state index in [9.17, 15) is 0 Å². The summed E-state index contributed by atoms with van der Waals surface area (Å²) in [5.41, 5.74) is 3.04. The normalized spacial score (nSPS) is 12.0. The molecular formula is C16H23N3OSi. The fraction of sp³-hybridized carbons (Fsp3) is 0.375. The molecule has 0 aliphatic heterocycles. The summed E-state index contributed by atoms with van der Waals surface area (Å²) in [6.45, 7) is 8.61. The van der Waals surface area contributed by atoms with Crippen molar-refractivity contribution in [3.8, 4) is 5.75 Å². The van der Waals surface area contributed by atoms with Crippen LogP contribution in [0.15, 0.2) is 35.7 Å². The Morgan fingerprint density at radius 3 is 2.71 bits per heavy atom. The minimum atomic E-state index is -1.65. The SMILES string of the molecule is Cc1cccc(N=CCc2cn(C)cn2)c1O[Si](C)(C)C. The van der Waals surface area contributed by atoms with Crippen molar-refractivity contribution in [3.05, 3.63) is 42.0 Å². The first-order valence-electron chi connectivity index (χ1n) is 7.13. The van der Waals surface area contributed by atoms with E-state index >= 15 is 0 Å². The lowest BCUT2D eigenvalue weighted by molar-refractivity contribution is 0.554. The van der Waals surface area contributed by atoms with Crippen LogP contribution in [-0.2, 0) is 13.5 Å². The number of aromatic nitrogens is 2. The number of para-hydroxylation sites is 1. The molecule has 0 spiro atoms. The molecule has 0 atom stereocenters. The van der Waals surface area contributed by atoms with Crippen molar-refractivity contribution in [2.45, 2.75) is 33.0 Å². The van der Waals surface area contributed by atoms with Crippen LogP contribution < -0.4 is 4.43 Å². The Bertz CT molecular complexity index is 641. The largest absolute Gasteiger partial charge is 0.543 e. The van der Waals surface area contributed by atoms with Gasteiger partial charge in [0.05, 0.1) is 12.0 Å². The summed E-state index contributed by atoms with van der Waals surface area (Å²) in [5.74, 6) is 0.911. The van der Waals surface area contributed by atoms with Crippen molar-refractivity contribution < 1.29 is 4.43 Å². The Labute approximate surface area is 127 Å². The fourth-order valence-electron chi connectivity index (χ4n) is 1.99. The first kappa shape index (κ1) is 15.5. The van der Waals surface area contributed by atoms with Crippen molar-refractivity contribution in [1.29, 1.82) is 0 Å². The predicted octanol–water partition coefficient (Wildman–Crippen LogP) is 3.89. The molecule has 5 heteroatoms. The van der Waals surface area contributed by atoms with Crippen molar-refractivity contribution >= 4 is 20.2 Å². The van der Waals surface area contributed by atoms with Crippen molar-refractivity contribution in [2.75, 3.05) is 0 Å². The molecule has 2 aromatic rings. The van der Waals surface area contributed by atoms with E-state index in [0.29, 0.717) is 0 Å². The standard InChI is InChI=1S/C16H23N3OSi/c1-13-7-6-8-15(16(13)20-21(3,4)5)17-10-9-14-11-19(2)12-18-14/h6-8,10-12H,9H2,1-5H3. The smallest absolute Gasteiger partial charge is 0.242 e. The monoisotopic (exact) mass is 301 g/mol. The van der Waals surface area contributed by atoms with E-state index < -0.39 is 8.32 Å². The second kappa shape index (κ2) is 6.26. The molecule has 1 aromatic carbocycles. The molecule has 0 N–H and O–H groups in total. The average molecular weight is 301 g/mol. The number of imidazole rings is 1. The van der Waals surface area contributed by atoms with Gasteiger partial charge in [0, 0.05) is 25.9 Å². The molecule has 0 saturated heterocycles. The fourth-order valence-corrected chi connectivity index (χ4v) is 2.87. The summed E-state index contributed by atoms with van der Waals surface area (Å²) >= 11 is 0. The maximum atomic E-state index is 6.18. The third-order valence-corrected chi connectivity index (χ3v) is 3.71. The molecule has 0 amide bonds. The van der Waals surface area contributed by atoms with Crippen LogP contribution in [0, 0.1) is 6.92 Å². The third kappa shape index (κ3) is 4.56. The number of aryl methyl sites for hydroxylation is 2. The van der Waals surface area contributed by atoms with Gasteiger partial charge < -0.3 is 8.99 Å². The molecule has 0 saturated carbocycles. The van der Waals surface area contributed by atoms with Gasteiger partial charge in [-0.15, -0.1) is 0 Å². The Balaban J connectivity index is 2.17. The summed E-state index contributed by atoms with van der Waals surface area (Å²) in [4.78, 5) is 8.87. The molecule has 0 radical (unpaired) electrons. The van der Waals surface area contributed by atoms with Gasteiger partial charge in [-0.3, -0.25) is 4.99 Å². The third-order valence-electron chi connectivity index (χ3n) is 2.89. The topological polar surface area (TPSA) is 39.4 Å². The van der Waals surface area contributed by atoms with Crippen molar-refractivity contribution in [3.63, 3.8) is 0 Å². The summed E-state index contributed by atoms with van der Waals surface area (Å²) in [7, 11) is 0.316. The van der Waals surface area contributed by atoms with Gasteiger partial charge in [-0.25, -0.2) is 4.98 Å². The zero-order valence-electron chi connectivity index (χ0n) is 13.4. The van der Waals surface area contributed by atoms with Gasteiger partial charge in [-0.1, -0.05) is 12.1 Å². The van der Waals surface area contributed by atoms with Crippen LogP contribution in [0.1, 0.15) is 11.3 Å². The van der Waals surface area contributed by atoms with Crippen LogP contribution >= 0.6 is 0 Å². The summed E-state index contributed by atoms with van der Waals surface area (Å²) in [5, 5.41) is 0. The highest BCUT2D eigenvalue weighted by molar-refractivity contribution is 6.70. The van der Waals surface area contributed by atoms with Crippen LogP contribution in [0.25, 0.3) is 0 Å². The molecule has 0 unspecified atom stereocenters. The molecule has 21 heavy (non-hydrogen) atoms. The molecule has 0 aliphatic carbocycles. The van der Waals surface area contributed by atoms with E-state index in [-0.39, 0.29) is 0 Å². The zero-order chi connectivity index (χ0) is 15.5. The quantitative estimate of drug-likeness (QED) is 0.621. The lowest BCUT2D eigenvalue weighted by Gasteiger charge is -2.22. The molecule has 1 heterocycles. The van der Waals surface area contributed by atoms with Gasteiger partial charge in [0.15, 0.2) is 0 Å². The summed E-state index contributed by atoms with van der Waals surface area (Å²) < 4.78 is 8.12. The van der Waals surface area contributed by atoms with Gasteiger partial charge in [0.2, 0.25) is 8.32 Å². The number of aliphatic imine (C=N–C) groups is 1. The van der Waals surface area contributed by atoms with E-state index in [1.165, 1.54) is 0 Å². The number of rotatable bonds is 5. The summed E-state index contributed by atoms with van der Waals surface area (Å²) in [6, 6.07) is 6.07. The Morgan fingerprint density at radius 2 is 2.10 bits per heavy atom. The predicted molar refractivity (Wildman–Crippen MR) is 90.2 cm³/mol. The second-order valence-electron chi connectivity index (χ2n) is 6.18. The van der Waals surface area contributed by atoms with E-state index in [1.807, 2.05) is 36.2 Å². The van der Waals surface area contributed by atoms with Gasteiger partial charge in [0.1, 0.15) is 11.4 Å². The van der Waals surface area contributed by atoms with Crippen molar-refractivity contribution in [1.82, 2.24) is 9.55 Å². The van der Waals surface area contributed by atoms with Crippen LogP contribution in [0.5, 0.6) is 5.75 Å². The van der Waals surface area contributed by atoms with E-state index in [1.54, 1.807) is 6.33 Å². The highest BCUT2D eigenvalue weighted by Gasteiger charge is 2.19. The highest BCUT2D eigenvalue weighted by atomic mass is 28.4. The van der Waals surface area contributed by atoms with Gasteiger partial charge in [-0.05, 0) is 38.2 Å². The maximum Gasteiger partial charge on any atom is 0.242 e. The van der Waals surface area contributed by atoms with E-state index in [0.717, 1.165) is 29.1 Å². The Kier molecular flexibility index (Phi) is 4.62. The lowest BCUT2D eigenvalue weighted by Crippen LogP contribution is -2.29. The minimum Gasteiger partial charge on any atom is -0.543 e. The van der Waals surface area contributed by atoms with E-state index in [4.69, 9.17) is 4.43 Å². The number of hydrogen-bond donors (Lipinski definition) is 0. The Morgan fingerprint density at radius 1 is 1.33 bits per heavy atom. The van der Waals surface area contributed by atoms with E-state index in [2.05, 4.69) is 42.6 Å². The second-order valence-corrected chi connectivity index (χ2v) is 10.6. The molecule has 1 aromatic heterocycles. The number of benzene rings is 1. The lowest BCUT2D eigenvalue weighted by atomic mass is 10.2. The maximum absolute atomic E-state index is 6.18. The first-order valence-corrected chi connectivity index (χ1v) is 10.5. The van der Waals surface area contributed by atoms with Crippen molar-refractivity contribution in [2.24, 2.45) is 12.0 Å². The molecular weight excluding hydrogens is 278 g/mol. The van der Waals surface area contributed by atoms with Crippen LogP contribution in [0.3, 0.4) is 0 Å². The van der Waals surface area contributed by atoms with Gasteiger partial charge >= 0.3 is 0 Å². The van der Waals surface area contributed by atoms with Crippen LogP contribution in [-0.4, -0.2) is 24.1 Å². The molecule has 0 aliphatic rings. The molecule has 0 fully saturated rings. The average Bonchev–Trinajstić information content (AvgIpc) is 2.78. The highest BCUT2D eigenvalue weighted by Crippen LogP contribution is 2.32. The number of hydrogen-bond acceptors (Lipinski definition) is 3. The molecule has 2 rings (SSSR count). The minimum absolute atomic E-state index is 0.723.